The van der Waals surface area contributed by atoms with Gasteiger partial charge in [0.25, 0.3) is 0 Å². The molecule has 0 aliphatic carbocycles. The Labute approximate surface area is 100 Å². The molecule has 2 aromatic rings. The molecule has 2 aromatic heterocycles. The number of hydrogen-bond acceptors (Lipinski definition) is 6. The molecular weight excluding hydrogens is 248 g/mol. The summed E-state index contributed by atoms with van der Waals surface area (Å²) in [6.45, 7) is 0. The van der Waals surface area contributed by atoms with E-state index in [1.54, 1.807) is 0 Å². The Bertz CT molecular complexity index is 604. The molecule has 1 N–H and O–H groups in total. The molecule has 6 nitrogen and oxygen atoms in total. The van der Waals surface area contributed by atoms with Crippen molar-refractivity contribution in [1.29, 1.82) is 0 Å². The molecule has 0 fully saturated rings. The number of H-pyrrole nitrogens is 1. The second-order valence-electron chi connectivity index (χ2n) is 2.83. The number of esters is 1. The maximum absolute atomic E-state index is 11.6. The largest absolute Gasteiger partial charge is 0.465 e. The molecule has 0 bridgehead atoms. The van der Waals surface area contributed by atoms with E-state index in [1.165, 1.54) is 29.7 Å². The molecule has 16 heavy (non-hydrogen) atoms. The Morgan fingerprint density at radius 1 is 1.62 bits per heavy atom. The van der Waals surface area contributed by atoms with E-state index < -0.39 is 5.97 Å². The fourth-order valence-corrected chi connectivity index (χ4v) is 2.05. The van der Waals surface area contributed by atoms with Gasteiger partial charge in [0.15, 0.2) is 5.65 Å². The smallest absolute Gasteiger partial charge is 0.344 e. The van der Waals surface area contributed by atoms with Crippen LogP contribution in [0.2, 0.25) is 0 Å². The number of thioether (sulfide) groups is 1. The number of ether oxygens (including phenoxy) is 1. The van der Waals surface area contributed by atoms with E-state index in [4.69, 9.17) is 17.0 Å². The average Bonchev–Trinajstić information content (AvgIpc) is 2.68. The zero-order valence-corrected chi connectivity index (χ0v) is 10.2. The fraction of sp³-hybridized carbons (Fsp3) is 0.250. The van der Waals surface area contributed by atoms with Gasteiger partial charge >= 0.3 is 5.97 Å². The Hall–Kier alpha value is -1.41. The minimum absolute atomic E-state index is 0.315. The van der Waals surface area contributed by atoms with E-state index >= 15 is 0 Å². The van der Waals surface area contributed by atoms with Gasteiger partial charge in [-0.3, -0.25) is 5.10 Å². The van der Waals surface area contributed by atoms with Crippen molar-refractivity contribution in [2.75, 3.05) is 13.4 Å². The highest BCUT2D eigenvalue weighted by Crippen LogP contribution is 2.22. The van der Waals surface area contributed by atoms with Crippen molar-refractivity contribution in [3.63, 3.8) is 0 Å². The molecule has 0 unspecified atom stereocenters. The summed E-state index contributed by atoms with van der Waals surface area (Å²) in [6, 6.07) is 0. The zero-order valence-electron chi connectivity index (χ0n) is 8.55. The second-order valence-corrected chi connectivity index (χ2v) is 4.01. The SMILES string of the molecule is COC(=O)c1c(SC)[nH]n2c(=S)ncnc12. The molecule has 0 aromatic carbocycles. The van der Waals surface area contributed by atoms with Crippen LogP contribution in [0.3, 0.4) is 0 Å². The van der Waals surface area contributed by atoms with Crippen molar-refractivity contribution in [3.8, 4) is 0 Å². The number of nitrogens with zero attached hydrogens (tertiary/aromatic N) is 3. The van der Waals surface area contributed by atoms with Gasteiger partial charge in [0.1, 0.15) is 16.9 Å². The van der Waals surface area contributed by atoms with Gasteiger partial charge in [0.2, 0.25) is 4.77 Å². The van der Waals surface area contributed by atoms with Crippen molar-refractivity contribution < 1.29 is 9.53 Å². The van der Waals surface area contributed by atoms with E-state index in [-0.39, 0.29) is 0 Å². The molecule has 0 aliphatic rings. The minimum Gasteiger partial charge on any atom is -0.465 e. The maximum Gasteiger partial charge on any atom is 0.344 e. The highest BCUT2D eigenvalue weighted by Gasteiger charge is 2.20. The van der Waals surface area contributed by atoms with Gasteiger partial charge in [-0.2, -0.15) is 0 Å². The summed E-state index contributed by atoms with van der Waals surface area (Å²) in [7, 11) is 1.33. The van der Waals surface area contributed by atoms with Crippen LogP contribution in [0, 0.1) is 4.77 Å². The summed E-state index contributed by atoms with van der Waals surface area (Å²) in [5, 5.41) is 3.60. The number of hydrogen-bond donors (Lipinski definition) is 1. The summed E-state index contributed by atoms with van der Waals surface area (Å²) in [6.07, 6.45) is 3.16. The number of aromatic amines is 1. The van der Waals surface area contributed by atoms with E-state index in [9.17, 15) is 4.79 Å². The Morgan fingerprint density at radius 2 is 2.38 bits per heavy atom. The van der Waals surface area contributed by atoms with E-state index in [2.05, 4.69) is 15.1 Å². The van der Waals surface area contributed by atoms with Crippen molar-refractivity contribution in [2.24, 2.45) is 0 Å². The Kier molecular flexibility index (Phi) is 2.92. The Morgan fingerprint density at radius 3 is 3.00 bits per heavy atom. The monoisotopic (exact) mass is 256 g/mol. The molecule has 2 rings (SSSR count). The third kappa shape index (κ3) is 1.59. The van der Waals surface area contributed by atoms with Crippen LogP contribution in [-0.2, 0) is 4.74 Å². The fourth-order valence-electron chi connectivity index (χ4n) is 1.31. The van der Waals surface area contributed by atoms with E-state index in [1.807, 2.05) is 6.26 Å². The first kappa shape index (κ1) is 11.1. The molecule has 0 saturated carbocycles. The number of rotatable bonds is 2. The summed E-state index contributed by atoms with van der Waals surface area (Å²) < 4.78 is 6.50. The van der Waals surface area contributed by atoms with Gasteiger partial charge in [-0.15, -0.1) is 11.8 Å². The molecule has 0 amide bonds. The predicted molar refractivity (Wildman–Crippen MR) is 61.3 cm³/mol. The number of carbonyl (C=O) groups excluding carboxylic acids is 1. The number of nitrogens with one attached hydrogen (secondary N) is 1. The standard InChI is InChI=1S/C8H8N4O2S2/c1-14-7(13)4-5-9-3-10-8(15)12(5)11-6(4)16-2/h3,11H,1-2H3. The number of aromatic nitrogens is 4. The van der Waals surface area contributed by atoms with Crippen LogP contribution in [0.1, 0.15) is 10.4 Å². The molecule has 0 aliphatic heterocycles. The van der Waals surface area contributed by atoms with Crippen LogP contribution in [0.15, 0.2) is 11.4 Å². The quantitative estimate of drug-likeness (QED) is 0.496. The van der Waals surface area contributed by atoms with Crippen LogP contribution in [0.4, 0.5) is 0 Å². The van der Waals surface area contributed by atoms with Gasteiger partial charge in [0, 0.05) is 0 Å². The number of methoxy groups -OCH3 is 1. The van der Waals surface area contributed by atoms with Crippen LogP contribution in [0.25, 0.3) is 5.65 Å². The Balaban J connectivity index is 2.84. The maximum atomic E-state index is 11.6. The van der Waals surface area contributed by atoms with Crippen molar-refractivity contribution >= 4 is 35.6 Å². The first-order chi connectivity index (χ1) is 7.69. The van der Waals surface area contributed by atoms with Gasteiger partial charge < -0.3 is 4.74 Å². The summed E-state index contributed by atoms with van der Waals surface area (Å²) in [4.78, 5) is 19.5. The third-order valence-corrected chi connectivity index (χ3v) is 3.00. The van der Waals surface area contributed by atoms with Gasteiger partial charge in [0.05, 0.1) is 7.11 Å². The minimum atomic E-state index is -0.448. The average molecular weight is 256 g/mol. The van der Waals surface area contributed by atoms with E-state index in [0.29, 0.717) is 21.0 Å². The third-order valence-electron chi connectivity index (χ3n) is 2.01. The van der Waals surface area contributed by atoms with Gasteiger partial charge in [-0.25, -0.2) is 19.3 Å². The summed E-state index contributed by atoms with van der Waals surface area (Å²) in [5.74, 6) is -0.448. The molecule has 8 heteroatoms. The van der Waals surface area contributed by atoms with Crippen molar-refractivity contribution in [1.82, 2.24) is 19.6 Å². The molecule has 84 valence electrons. The zero-order chi connectivity index (χ0) is 11.7. The molecule has 0 spiro atoms. The van der Waals surface area contributed by atoms with Crippen molar-refractivity contribution in [3.05, 3.63) is 16.7 Å². The lowest BCUT2D eigenvalue weighted by Crippen LogP contribution is -2.03. The normalized spacial score (nSPS) is 10.6. The van der Waals surface area contributed by atoms with Gasteiger partial charge in [-0.05, 0) is 18.5 Å². The van der Waals surface area contributed by atoms with Crippen LogP contribution in [-0.4, -0.2) is 38.9 Å². The van der Waals surface area contributed by atoms with Gasteiger partial charge in [-0.1, -0.05) is 0 Å². The van der Waals surface area contributed by atoms with Crippen LogP contribution in [0.5, 0.6) is 0 Å². The first-order valence-corrected chi connectivity index (χ1v) is 5.90. The predicted octanol–water partition coefficient (Wildman–Crippen LogP) is 1.30. The molecule has 0 atom stereocenters. The lowest BCUT2D eigenvalue weighted by molar-refractivity contribution is 0.0599. The lowest BCUT2D eigenvalue weighted by atomic mass is 10.3. The number of carbonyl (C=O) groups is 1. The second kappa shape index (κ2) is 4.22. The summed E-state index contributed by atoms with van der Waals surface area (Å²) >= 11 is 6.40. The molecule has 0 radical (unpaired) electrons. The van der Waals surface area contributed by atoms with Crippen LogP contribution < -0.4 is 0 Å². The summed E-state index contributed by atoms with van der Waals surface area (Å²) in [5.41, 5.74) is 0.805. The molecule has 0 saturated heterocycles. The lowest BCUT2D eigenvalue weighted by Gasteiger charge is -1.97. The van der Waals surface area contributed by atoms with Crippen molar-refractivity contribution in [2.45, 2.75) is 5.03 Å². The molecule has 2 heterocycles. The highest BCUT2D eigenvalue weighted by atomic mass is 32.2. The highest BCUT2D eigenvalue weighted by molar-refractivity contribution is 7.98. The topological polar surface area (TPSA) is 72.3 Å². The number of fused-ring (bicyclic) bond motifs is 1. The first-order valence-electron chi connectivity index (χ1n) is 4.27. The van der Waals surface area contributed by atoms with E-state index in [0.717, 1.165) is 0 Å². The molecular formula is C8H8N4O2S2. The van der Waals surface area contributed by atoms with Crippen LogP contribution >= 0.6 is 24.0 Å².